The SMILES string of the molecule is COC(=O)c1ccc(F)cc1NC(=O)c1ccc(I)cc1. The quantitative estimate of drug-likeness (QED) is 0.636. The van der Waals surface area contributed by atoms with Gasteiger partial charge >= 0.3 is 5.97 Å². The van der Waals surface area contributed by atoms with Crippen LogP contribution in [0.25, 0.3) is 0 Å². The Kier molecular flexibility index (Phi) is 4.89. The number of hydrogen-bond acceptors (Lipinski definition) is 3. The molecule has 2 aromatic carbocycles. The molecule has 2 aromatic rings. The third-order valence-corrected chi connectivity index (χ3v) is 3.46. The highest BCUT2D eigenvalue weighted by atomic mass is 127. The third kappa shape index (κ3) is 3.78. The lowest BCUT2D eigenvalue weighted by Crippen LogP contribution is -2.15. The molecule has 0 bridgehead atoms. The number of amides is 1. The number of carbonyl (C=O) groups excluding carboxylic acids is 2. The van der Waals surface area contributed by atoms with E-state index < -0.39 is 17.7 Å². The highest BCUT2D eigenvalue weighted by Crippen LogP contribution is 2.19. The van der Waals surface area contributed by atoms with Gasteiger partial charge < -0.3 is 10.1 Å². The number of halogens is 2. The molecule has 0 unspecified atom stereocenters. The van der Waals surface area contributed by atoms with E-state index in [0.29, 0.717) is 5.56 Å². The number of methoxy groups -OCH3 is 1. The first-order chi connectivity index (χ1) is 10.0. The standard InChI is InChI=1S/C15H11FINO3/c1-21-15(20)12-7-4-10(16)8-13(12)18-14(19)9-2-5-11(17)6-3-9/h2-8H,1H3,(H,18,19). The van der Waals surface area contributed by atoms with Crippen LogP contribution in [0.15, 0.2) is 42.5 Å². The molecule has 21 heavy (non-hydrogen) atoms. The van der Waals surface area contributed by atoms with E-state index >= 15 is 0 Å². The van der Waals surface area contributed by atoms with Crippen molar-refractivity contribution in [2.75, 3.05) is 12.4 Å². The highest BCUT2D eigenvalue weighted by molar-refractivity contribution is 14.1. The Hall–Kier alpha value is -1.96. The van der Waals surface area contributed by atoms with Gasteiger partial charge in [0, 0.05) is 9.13 Å². The second-order valence-corrected chi connectivity index (χ2v) is 5.39. The van der Waals surface area contributed by atoms with Crippen molar-refractivity contribution < 1.29 is 18.7 Å². The Morgan fingerprint density at radius 1 is 1.14 bits per heavy atom. The molecular formula is C15H11FINO3. The van der Waals surface area contributed by atoms with Gasteiger partial charge in [0.1, 0.15) is 5.82 Å². The number of carbonyl (C=O) groups is 2. The normalized spacial score (nSPS) is 10.0. The van der Waals surface area contributed by atoms with Gasteiger partial charge in [0.05, 0.1) is 18.4 Å². The number of ether oxygens (including phenoxy) is 1. The molecule has 0 aliphatic heterocycles. The van der Waals surface area contributed by atoms with Crippen LogP contribution >= 0.6 is 22.6 Å². The van der Waals surface area contributed by atoms with Crippen molar-refractivity contribution in [1.82, 2.24) is 0 Å². The lowest BCUT2D eigenvalue weighted by molar-refractivity contribution is 0.0602. The van der Waals surface area contributed by atoms with Crippen LogP contribution in [0.3, 0.4) is 0 Å². The smallest absolute Gasteiger partial charge is 0.339 e. The predicted molar refractivity (Wildman–Crippen MR) is 84.9 cm³/mol. The fourth-order valence-corrected chi connectivity index (χ4v) is 2.06. The molecule has 0 aliphatic carbocycles. The highest BCUT2D eigenvalue weighted by Gasteiger charge is 2.15. The van der Waals surface area contributed by atoms with E-state index in [1.165, 1.54) is 13.2 Å². The molecule has 108 valence electrons. The van der Waals surface area contributed by atoms with Gasteiger partial charge in [-0.1, -0.05) is 0 Å². The average molecular weight is 399 g/mol. The summed E-state index contributed by atoms with van der Waals surface area (Å²) in [5.41, 5.74) is 0.582. The molecular weight excluding hydrogens is 388 g/mol. The fraction of sp³-hybridized carbons (Fsp3) is 0.0667. The zero-order valence-electron chi connectivity index (χ0n) is 11.0. The van der Waals surface area contributed by atoms with E-state index in [9.17, 15) is 14.0 Å². The number of rotatable bonds is 3. The Labute approximate surface area is 134 Å². The molecule has 1 amide bonds. The van der Waals surface area contributed by atoms with Crippen molar-refractivity contribution in [1.29, 1.82) is 0 Å². The largest absolute Gasteiger partial charge is 0.465 e. The van der Waals surface area contributed by atoms with Crippen LogP contribution in [0.5, 0.6) is 0 Å². The van der Waals surface area contributed by atoms with Gasteiger partial charge in [-0.15, -0.1) is 0 Å². The second kappa shape index (κ2) is 6.66. The lowest BCUT2D eigenvalue weighted by Gasteiger charge is -2.10. The number of esters is 1. The summed E-state index contributed by atoms with van der Waals surface area (Å²) in [5.74, 6) is -1.63. The third-order valence-electron chi connectivity index (χ3n) is 2.74. The maximum Gasteiger partial charge on any atom is 0.339 e. The molecule has 0 fully saturated rings. The second-order valence-electron chi connectivity index (χ2n) is 4.14. The Bertz CT molecular complexity index is 686. The van der Waals surface area contributed by atoms with Gasteiger partial charge in [-0.25, -0.2) is 9.18 Å². The molecule has 0 aromatic heterocycles. The zero-order valence-corrected chi connectivity index (χ0v) is 13.2. The van der Waals surface area contributed by atoms with E-state index in [4.69, 9.17) is 0 Å². The van der Waals surface area contributed by atoms with E-state index in [-0.39, 0.29) is 11.3 Å². The van der Waals surface area contributed by atoms with Crippen molar-refractivity contribution in [2.45, 2.75) is 0 Å². The number of benzene rings is 2. The maximum atomic E-state index is 13.3. The Morgan fingerprint density at radius 3 is 2.43 bits per heavy atom. The first kappa shape index (κ1) is 15.4. The summed E-state index contributed by atoms with van der Waals surface area (Å²) in [6, 6.07) is 10.3. The van der Waals surface area contributed by atoms with Crippen LogP contribution < -0.4 is 5.32 Å². The van der Waals surface area contributed by atoms with Crippen LogP contribution in [0, 0.1) is 9.39 Å². The van der Waals surface area contributed by atoms with Gasteiger partial charge in [0.2, 0.25) is 0 Å². The average Bonchev–Trinajstić information content (AvgIpc) is 2.47. The number of nitrogens with one attached hydrogen (secondary N) is 1. The van der Waals surface area contributed by atoms with E-state index in [1.807, 2.05) is 0 Å². The molecule has 0 heterocycles. The summed E-state index contributed by atoms with van der Waals surface area (Å²) in [4.78, 5) is 23.7. The molecule has 1 N–H and O–H groups in total. The summed E-state index contributed by atoms with van der Waals surface area (Å²) in [7, 11) is 1.22. The van der Waals surface area contributed by atoms with Crippen LogP contribution in [0.4, 0.5) is 10.1 Å². The van der Waals surface area contributed by atoms with Crippen LogP contribution in [0.2, 0.25) is 0 Å². The number of hydrogen-bond donors (Lipinski definition) is 1. The Morgan fingerprint density at radius 2 is 1.81 bits per heavy atom. The first-order valence-electron chi connectivity index (χ1n) is 5.96. The zero-order chi connectivity index (χ0) is 15.4. The molecule has 0 radical (unpaired) electrons. The van der Waals surface area contributed by atoms with Gasteiger partial charge in [-0.05, 0) is 65.1 Å². The summed E-state index contributed by atoms with van der Waals surface area (Å²) < 4.78 is 18.9. The topological polar surface area (TPSA) is 55.4 Å². The maximum absolute atomic E-state index is 13.3. The van der Waals surface area contributed by atoms with Crippen LogP contribution in [-0.2, 0) is 4.74 Å². The van der Waals surface area contributed by atoms with Crippen molar-refractivity contribution in [3.05, 3.63) is 63.0 Å². The lowest BCUT2D eigenvalue weighted by atomic mass is 10.1. The van der Waals surface area contributed by atoms with Crippen molar-refractivity contribution in [3.8, 4) is 0 Å². The van der Waals surface area contributed by atoms with Gasteiger partial charge in [-0.3, -0.25) is 4.79 Å². The van der Waals surface area contributed by atoms with Gasteiger partial charge in [0.25, 0.3) is 5.91 Å². The number of anilines is 1. The minimum Gasteiger partial charge on any atom is -0.465 e. The van der Waals surface area contributed by atoms with Gasteiger partial charge in [0.15, 0.2) is 0 Å². The monoisotopic (exact) mass is 399 g/mol. The molecule has 2 rings (SSSR count). The minimum atomic E-state index is -0.645. The summed E-state index contributed by atoms with van der Waals surface area (Å²) in [6.45, 7) is 0. The molecule has 0 atom stereocenters. The molecule has 4 nitrogen and oxygen atoms in total. The molecule has 0 saturated heterocycles. The predicted octanol–water partition coefficient (Wildman–Crippen LogP) is 3.47. The van der Waals surface area contributed by atoms with Gasteiger partial charge in [-0.2, -0.15) is 0 Å². The molecule has 0 spiro atoms. The molecule has 6 heteroatoms. The van der Waals surface area contributed by atoms with Crippen LogP contribution in [-0.4, -0.2) is 19.0 Å². The van der Waals surface area contributed by atoms with Crippen molar-refractivity contribution >= 4 is 40.2 Å². The molecule has 0 saturated carbocycles. The summed E-state index contributed by atoms with van der Waals surface area (Å²) in [6.07, 6.45) is 0. The van der Waals surface area contributed by atoms with E-state index in [2.05, 4.69) is 32.6 Å². The van der Waals surface area contributed by atoms with Crippen molar-refractivity contribution in [3.63, 3.8) is 0 Å². The fourth-order valence-electron chi connectivity index (χ4n) is 1.70. The summed E-state index contributed by atoms with van der Waals surface area (Å²) in [5, 5.41) is 2.52. The van der Waals surface area contributed by atoms with E-state index in [1.54, 1.807) is 24.3 Å². The van der Waals surface area contributed by atoms with Crippen molar-refractivity contribution in [2.24, 2.45) is 0 Å². The summed E-state index contributed by atoms with van der Waals surface area (Å²) >= 11 is 2.12. The van der Waals surface area contributed by atoms with E-state index in [0.717, 1.165) is 15.7 Å². The minimum absolute atomic E-state index is 0.0744. The Balaban J connectivity index is 2.30. The molecule has 0 aliphatic rings. The van der Waals surface area contributed by atoms with Crippen LogP contribution in [0.1, 0.15) is 20.7 Å². The first-order valence-corrected chi connectivity index (χ1v) is 7.04.